The summed E-state index contributed by atoms with van der Waals surface area (Å²) in [7, 11) is 0. The first-order valence-electron chi connectivity index (χ1n) is 2.37. The number of unbranched alkanes of at least 4 members (excludes halogenated alkanes) is 1. The summed E-state index contributed by atoms with van der Waals surface area (Å²) >= 11 is 3.31. The van der Waals surface area contributed by atoms with Crippen LogP contribution in [-0.4, -0.2) is 5.33 Å². The Morgan fingerprint density at radius 1 is 1.57 bits per heavy atom. The Hall–Kier alpha value is 0.0400. The van der Waals surface area contributed by atoms with Crippen molar-refractivity contribution in [2.75, 3.05) is 5.33 Å². The molecule has 0 amide bonds. The first-order valence-corrected chi connectivity index (χ1v) is 3.49. The average Bonchev–Trinajstić information content (AvgIpc) is 1.69. The number of hydrogen-bond donors (Lipinski definition) is 0. The maximum absolute atomic E-state index is 3.31. The van der Waals surface area contributed by atoms with E-state index in [4.69, 9.17) is 0 Å². The third kappa shape index (κ3) is 6.04. The Labute approximate surface area is 53.4 Å². The predicted molar refractivity (Wildman–Crippen MR) is 36.5 cm³/mol. The molecular formula is C6H9Br. The number of halogens is 1. The van der Waals surface area contributed by atoms with Gasteiger partial charge in [-0.1, -0.05) is 15.9 Å². The molecule has 0 bridgehead atoms. The Balaban J connectivity index is 2.78. The Morgan fingerprint density at radius 2 is 2.29 bits per heavy atom. The van der Waals surface area contributed by atoms with Gasteiger partial charge in [-0.05, 0) is 13.3 Å². The van der Waals surface area contributed by atoms with Gasteiger partial charge in [0.1, 0.15) is 0 Å². The van der Waals surface area contributed by atoms with E-state index in [2.05, 4.69) is 27.8 Å². The van der Waals surface area contributed by atoms with Crippen LogP contribution >= 0.6 is 15.9 Å². The molecule has 0 aromatic rings. The van der Waals surface area contributed by atoms with E-state index < -0.39 is 0 Å². The van der Waals surface area contributed by atoms with Crippen LogP contribution < -0.4 is 0 Å². The molecule has 40 valence electrons. The summed E-state index contributed by atoms with van der Waals surface area (Å²) in [5.41, 5.74) is 0. The van der Waals surface area contributed by atoms with Crippen LogP contribution in [0.3, 0.4) is 0 Å². The van der Waals surface area contributed by atoms with E-state index in [0.717, 1.165) is 11.8 Å². The Bertz CT molecular complexity index is 75.9. The zero-order chi connectivity index (χ0) is 5.54. The Morgan fingerprint density at radius 3 is 2.71 bits per heavy atom. The average molecular weight is 161 g/mol. The van der Waals surface area contributed by atoms with Gasteiger partial charge in [-0.3, -0.25) is 0 Å². The second-order valence-corrected chi connectivity index (χ2v) is 2.01. The topological polar surface area (TPSA) is 0 Å². The second kappa shape index (κ2) is 6.04. The van der Waals surface area contributed by atoms with Gasteiger partial charge in [0.05, 0.1) is 0 Å². The van der Waals surface area contributed by atoms with Crippen LogP contribution in [0.4, 0.5) is 0 Å². The smallest absolute Gasteiger partial charge is 0.00965 e. The van der Waals surface area contributed by atoms with Crippen LogP contribution in [0.15, 0.2) is 0 Å². The van der Waals surface area contributed by atoms with E-state index in [-0.39, 0.29) is 0 Å². The van der Waals surface area contributed by atoms with Gasteiger partial charge in [0.15, 0.2) is 0 Å². The number of alkyl halides is 1. The van der Waals surface area contributed by atoms with Crippen molar-refractivity contribution >= 4 is 15.9 Å². The van der Waals surface area contributed by atoms with E-state index in [9.17, 15) is 0 Å². The molecule has 0 aliphatic heterocycles. The minimum absolute atomic E-state index is 1.03. The molecule has 0 spiro atoms. The van der Waals surface area contributed by atoms with Gasteiger partial charge in [-0.2, -0.15) is 0 Å². The molecule has 0 aromatic heterocycles. The largest absolute Gasteiger partial charge is 0.107 e. The first-order chi connectivity index (χ1) is 3.41. The van der Waals surface area contributed by atoms with Crippen LogP contribution in [0.25, 0.3) is 0 Å². The molecule has 0 unspecified atom stereocenters. The van der Waals surface area contributed by atoms with Crippen LogP contribution in [0.2, 0.25) is 0 Å². The summed E-state index contributed by atoms with van der Waals surface area (Å²) < 4.78 is 0. The SMILES string of the molecule is CC#CCCCBr. The molecule has 0 rings (SSSR count). The third-order valence-corrected chi connectivity index (χ3v) is 1.17. The fraction of sp³-hybridized carbons (Fsp3) is 0.667. The van der Waals surface area contributed by atoms with E-state index >= 15 is 0 Å². The molecule has 1 heteroatoms. The fourth-order valence-electron chi connectivity index (χ4n) is 0.280. The minimum Gasteiger partial charge on any atom is -0.107 e. The van der Waals surface area contributed by atoms with Gasteiger partial charge in [0, 0.05) is 11.8 Å². The molecule has 0 saturated carbocycles. The summed E-state index contributed by atoms with van der Waals surface area (Å²) in [5, 5.41) is 1.07. The molecule has 0 fully saturated rings. The van der Waals surface area contributed by atoms with Crippen LogP contribution in [-0.2, 0) is 0 Å². The molecule has 0 aromatic carbocycles. The monoisotopic (exact) mass is 160 g/mol. The standard InChI is InChI=1S/C6H9Br/c1-2-3-4-5-6-7/h4-6H2,1H3. The summed E-state index contributed by atoms with van der Waals surface area (Å²) in [6.07, 6.45) is 2.20. The van der Waals surface area contributed by atoms with E-state index in [1.54, 1.807) is 0 Å². The summed E-state index contributed by atoms with van der Waals surface area (Å²) in [5.74, 6) is 5.80. The molecule has 0 atom stereocenters. The van der Waals surface area contributed by atoms with Crippen molar-refractivity contribution in [1.82, 2.24) is 0 Å². The lowest BCUT2D eigenvalue weighted by Gasteiger charge is -1.79. The second-order valence-electron chi connectivity index (χ2n) is 1.22. The van der Waals surface area contributed by atoms with Crippen molar-refractivity contribution in [2.45, 2.75) is 19.8 Å². The van der Waals surface area contributed by atoms with Gasteiger partial charge in [-0.25, -0.2) is 0 Å². The van der Waals surface area contributed by atoms with Crippen molar-refractivity contribution in [3.05, 3.63) is 0 Å². The zero-order valence-electron chi connectivity index (χ0n) is 4.50. The molecule has 0 nitrogen and oxygen atoms in total. The van der Waals surface area contributed by atoms with Crippen molar-refractivity contribution in [2.24, 2.45) is 0 Å². The minimum atomic E-state index is 1.03. The highest BCUT2D eigenvalue weighted by atomic mass is 79.9. The number of rotatable bonds is 2. The van der Waals surface area contributed by atoms with Gasteiger partial charge in [0.2, 0.25) is 0 Å². The number of hydrogen-bond acceptors (Lipinski definition) is 0. The summed E-state index contributed by atoms with van der Waals surface area (Å²) in [6.45, 7) is 1.87. The first kappa shape index (κ1) is 7.04. The molecule has 0 aliphatic carbocycles. The van der Waals surface area contributed by atoms with Crippen molar-refractivity contribution in [1.29, 1.82) is 0 Å². The van der Waals surface area contributed by atoms with Crippen molar-refractivity contribution in [3.63, 3.8) is 0 Å². The van der Waals surface area contributed by atoms with Crippen molar-refractivity contribution < 1.29 is 0 Å². The van der Waals surface area contributed by atoms with Gasteiger partial charge in [0.25, 0.3) is 0 Å². The van der Waals surface area contributed by atoms with Crippen LogP contribution in [0.5, 0.6) is 0 Å². The predicted octanol–water partition coefficient (Wildman–Crippen LogP) is 2.18. The third-order valence-electron chi connectivity index (χ3n) is 0.612. The lowest BCUT2D eigenvalue weighted by molar-refractivity contribution is 1.00. The maximum Gasteiger partial charge on any atom is 0.00965 e. The summed E-state index contributed by atoms with van der Waals surface area (Å²) in [4.78, 5) is 0. The van der Waals surface area contributed by atoms with Crippen LogP contribution in [0, 0.1) is 11.8 Å². The van der Waals surface area contributed by atoms with Crippen LogP contribution in [0.1, 0.15) is 19.8 Å². The highest BCUT2D eigenvalue weighted by Crippen LogP contribution is 1.90. The van der Waals surface area contributed by atoms with Gasteiger partial charge < -0.3 is 0 Å². The van der Waals surface area contributed by atoms with Crippen molar-refractivity contribution in [3.8, 4) is 11.8 Å². The molecule has 0 N–H and O–H groups in total. The normalized spacial score (nSPS) is 7.14. The lowest BCUT2D eigenvalue weighted by Crippen LogP contribution is -1.68. The highest BCUT2D eigenvalue weighted by Gasteiger charge is 1.74. The lowest BCUT2D eigenvalue weighted by atomic mass is 10.3. The van der Waals surface area contributed by atoms with E-state index in [1.165, 1.54) is 6.42 Å². The fourth-order valence-corrected chi connectivity index (χ4v) is 0.561. The molecule has 0 saturated heterocycles. The van der Waals surface area contributed by atoms with E-state index in [1.807, 2.05) is 6.92 Å². The van der Waals surface area contributed by atoms with Gasteiger partial charge in [-0.15, -0.1) is 11.8 Å². The Kier molecular flexibility index (Phi) is 6.07. The quantitative estimate of drug-likeness (QED) is 0.330. The highest BCUT2D eigenvalue weighted by molar-refractivity contribution is 9.09. The zero-order valence-corrected chi connectivity index (χ0v) is 6.09. The summed E-state index contributed by atoms with van der Waals surface area (Å²) in [6, 6.07) is 0. The molecular weight excluding hydrogens is 152 g/mol. The van der Waals surface area contributed by atoms with Gasteiger partial charge >= 0.3 is 0 Å². The molecule has 0 heterocycles. The maximum atomic E-state index is 3.31. The molecule has 7 heavy (non-hydrogen) atoms. The molecule has 0 radical (unpaired) electrons. The van der Waals surface area contributed by atoms with E-state index in [0.29, 0.717) is 0 Å². The molecule has 0 aliphatic rings.